The van der Waals surface area contributed by atoms with E-state index in [1.807, 2.05) is 0 Å². The fourth-order valence-corrected chi connectivity index (χ4v) is 6.24. The molecule has 1 aliphatic carbocycles. The summed E-state index contributed by atoms with van der Waals surface area (Å²) >= 11 is 0. The summed E-state index contributed by atoms with van der Waals surface area (Å²) in [4.78, 5) is 12.0. The number of aryl methyl sites for hydroxylation is 1. The van der Waals surface area contributed by atoms with Gasteiger partial charge in [0.05, 0.1) is 16.3 Å². The molecular weight excluding hydrogens is 364 g/mol. The van der Waals surface area contributed by atoms with E-state index >= 15 is 0 Å². The van der Waals surface area contributed by atoms with Crippen molar-refractivity contribution in [3.8, 4) is 0 Å². The SMILES string of the molecule is Cc1cc(N2C(=O)CCS2(=O)=O)ccc1S(=O)(=O)NCC1CCCC1. The molecule has 0 bridgehead atoms. The Balaban J connectivity index is 1.83. The van der Waals surface area contributed by atoms with Gasteiger partial charge in [0.15, 0.2) is 0 Å². The van der Waals surface area contributed by atoms with E-state index in [4.69, 9.17) is 0 Å². The number of nitrogens with zero attached hydrogens (tertiary/aromatic N) is 1. The van der Waals surface area contributed by atoms with Crippen LogP contribution in [0.4, 0.5) is 5.69 Å². The molecule has 0 unspecified atom stereocenters. The second kappa shape index (κ2) is 6.69. The van der Waals surface area contributed by atoms with Crippen molar-refractivity contribution in [1.82, 2.24) is 4.72 Å². The van der Waals surface area contributed by atoms with Gasteiger partial charge in [0, 0.05) is 13.0 Å². The fraction of sp³-hybridized carbons (Fsp3) is 0.562. The molecule has 0 radical (unpaired) electrons. The van der Waals surface area contributed by atoms with Gasteiger partial charge >= 0.3 is 0 Å². The minimum absolute atomic E-state index is 0.0512. The molecule has 1 heterocycles. The smallest absolute Gasteiger partial charge is 0.242 e. The lowest BCUT2D eigenvalue weighted by atomic mass is 10.1. The maximum Gasteiger partial charge on any atom is 0.242 e. The van der Waals surface area contributed by atoms with Crippen LogP contribution in [0.1, 0.15) is 37.7 Å². The largest absolute Gasteiger partial charge is 0.273 e. The number of rotatable bonds is 5. The first kappa shape index (κ1) is 18.3. The molecule has 7 nitrogen and oxygen atoms in total. The van der Waals surface area contributed by atoms with Crippen LogP contribution in [0.2, 0.25) is 0 Å². The van der Waals surface area contributed by atoms with Gasteiger partial charge in [0.25, 0.3) is 0 Å². The average molecular weight is 386 g/mol. The van der Waals surface area contributed by atoms with Crippen LogP contribution >= 0.6 is 0 Å². The predicted molar refractivity (Wildman–Crippen MR) is 94.2 cm³/mol. The van der Waals surface area contributed by atoms with E-state index in [0.717, 1.165) is 30.0 Å². The quantitative estimate of drug-likeness (QED) is 0.827. The molecule has 3 rings (SSSR count). The fourth-order valence-electron chi connectivity index (χ4n) is 3.45. The zero-order chi connectivity index (χ0) is 18.2. The summed E-state index contributed by atoms with van der Waals surface area (Å²) in [6, 6.07) is 4.17. The maximum absolute atomic E-state index is 12.5. The minimum atomic E-state index is -3.66. The molecule has 1 amide bonds. The van der Waals surface area contributed by atoms with Crippen LogP contribution in [0.25, 0.3) is 0 Å². The molecule has 138 valence electrons. The second-order valence-electron chi connectivity index (χ2n) is 6.68. The number of anilines is 1. The molecule has 2 fully saturated rings. The summed E-state index contributed by atoms with van der Waals surface area (Å²) < 4.78 is 52.4. The normalized spacial score (nSPS) is 21.2. The van der Waals surface area contributed by atoms with Crippen molar-refractivity contribution in [2.24, 2.45) is 5.92 Å². The maximum atomic E-state index is 12.5. The van der Waals surface area contributed by atoms with Crippen molar-refractivity contribution in [2.45, 2.75) is 43.9 Å². The Kier molecular flexibility index (Phi) is 4.91. The summed E-state index contributed by atoms with van der Waals surface area (Å²) in [7, 11) is -7.32. The molecule has 1 aliphatic heterocycles. The molecule has 0 spiro atoms. The molecule has 1 aromatic rings. The Morgan fingerprint density at radius 3 is 2.48 bits per heavy atom. The van der Waals surface area contributed by atoms with Crippen LogP contribution in [0.3, 0.4) is 0 Å². The van der Waals surface area contributed by atoms with Crippen LogP contribution in [-0.2, 0) is 24.8 Å². The summed E-state index contributed by atoms with van der Waals surface area (Å²) in [5.41, 5.74) is 0.598. The Morgan fingerprint density at radius 1 is 1.24 bits per heavy atom. The molecule has 1 saturated heterocycles. The van der Waals surface area contributed by atoms with Crippen molar-refractivity contribution < 1.29 is 21.6 Å². The van der Waals surface area contributed by atoms with Gasteiger partial charge in [-0.2, -0.15) is 0 Å². The van der Waals surface area contributed by atoms with Crippen molar-refractivity contribution in [3.63, 3.8) is 0 Å². The van der Waals surface area contributed by atoms with Crippen LogP contribution in [0.5, 0.6) is 0 Å². The third-order valence-electron chi connectivity index (χ3n) is 4.80. The van der Waals surface area contributed by atoms with Crippen molar-refractivity contribution in [3.05, 3.63) is 23.8 Å². The van der Waals surface area contributed by atoms with Crippen LogP contribution in [-0.4, -0.2) is 35.0 Å². The summed E-state index contributed by atoms with van der Waals surface area (Å²) in [6.45, 7) is 2.02. The molecule has 1 saturated carbocycles. The number of benzene rings is 1. The lowest BCUT2D eigenvalue weighted by Crippen LogP contribution is -2.30. The van der Waals surface area contributed by atoms with Gasteiger partial charge < -0.3 is 0 Å². The van der Waals surface area contributed by atoms with E-state index in [1.165, 1.54) is 18.2 Å². The topological polar surface area (TPSA) is 101 Å². The number of hydrogen-bond donors (Lipinski definition) is 1. The molecule has 0 atom stereocenters. The lowest BCUT2D eigenvalue weighted by Gasteiger charge is -2.17. The number of hydrogen-bond acceptors (Lipinski definition) is 5. The zero-order valence-electron chi connectivity index (χ0n) is 14.1. The van der Waals surface area contributed by atoms with Gasteiger partial charge in [-0.15, -0.1) is 0 Å². The second-order valence-corrected chi connectivity index (χ2v) is 10.3. The minimum Gasteiger partial charge on any atom is -0.273 e. The van der Waals surface area contributed by atoms with Gasteiger partial charge in [0.2, 0.25) is 26.0 Å². The van der Waals surface area contributed by atoms with Gasteiger partial charge in [-0.05, 0) is 49.4 Å². The molecular formula is C16H22N2O5S2. The highest BCUT2D eigenvalue weighted by Crippen LogP contribution is 2.29. The van der Waals surface area contributed by atoms with Gasteiger partial charge in [0.1, 0.15) is 0 Å². The average Bonchev–Trinajstić information content (AvgIpc) is 3.13. The van der Waals surface area contributed by atoms with Crippen molar-refractivity contribution >= 4 is 31.6 Å². The highest BCUT2D eigenvalue weighted by Gasteiger charge is 2.36. The highest BCUT2D eigenvalue weighted by molar-refractivity contribution is 7.94. The van der Waals surface area contributed by atoms with Crippen LogP contribution in [0, 0.1) is 12.8 Å². The van der Waals surface area contributed by atoms with E-state index in [1.54, 1.807) is 6.92 Å². The van der Waals surface area contributed by atoms with E-state index in [0.29, 0.717) is 18.0 Å². The Bertz CT molecular complexity index is 887. The van der Waals surface area contributed by atoms with Gasteiger partial charge in [-0.1, -0.05) is 12.8 Å². The van der Waals surface area contributed by atoms with Gasteiger partial charge in [-0.3, -0.25) is 4.79 Å². The van der Waals surface area contributed by atoms with E-state index < -0.39 is 26.0 Å². The zero-order valence-corrected chi connectivity index (χ0v) is 15.7. The van der Waals surface area contributed by atoms with Gasteiger partial charge in [-0.25, -0.2) is 25.9 Å². The number of sulfonamides is 2. The monoisotopic (exact) mass is 386 g/mol. The Morgan fingerprint density at radius 2 is 1.92 bits per heavy atom. The van der Waals surface area contributed by atoms with Crippen molar-refractivity contribution in [2.75, 3.05) is 16.6 Å². The number of carbonyl (C=O) groups is 1. The third-order valence-corrected chi connectivity index (χ3v) is 8.07. The molecule has 1 N–H and O–H groups in total. The number of amides is 1. The highest BCUT2D eigenvalue weighted by atomic mass is 32.2. The molecule has 2 aliphatic rings. The van der Waals surface area contributed by atoms with Crippen LogP contribution in [0.15, 0.2) is 23.1 Å². The molecule has 9 heteroatoms. The Labute approximate surface area is 148 Å². The number of carbonyl (C=O) groups excluding carboxylic acids is 1. The van der Waals surface area contributed by atoms with Crippen molar-refractivity contribution in [1.29, 1.82) is 0 Å². The van der Waals surface area contributed by atoms with E-state index in [9.17, 15) is 21.6 Å². The number of nitrogens with one attached hydrogen (secondary N) is 1. The first-order chi connectivity index (χ1) is 11.7. The van der Waals surface area contributed by atoms with Crippen LogP contribution < -0.4 is 9.03 Å². The third kappa shape index (κ3) is 3.73. The van der Waals surface area contributed by atoms with E-state index in [2.05, 4.69) is 4.72 Å². The summed E-state index contributed by atoms with van der Waals surface area (Å²) in [6.07, 6.45) is 4.30. The lowest BCUT2D eigenvalue weighted by molar-refractivity contribution is -0.116. The van der Waals surface area contributed by atoms with E-state index in [-0.39, 0.29) is 22.8 Å². The molecule has 1 aromatic carbocycles. The molecule has 0 aromatic heterocycles. The first-order valence-electron chi connectivity index (χ1n) is 8.37. The first-order valence-corrected chi connectivity index (χ1v) is 11.5. The standard InChI is InChI=1S/C16H22N2O5S2/c1-12-10-14(18-16(19)8-9-24(18,20)21)6-7-15(12)25(22,23)17-11-13-4-2-3-5-13/h6-7,10,13,17H,2-5,8-9,11H2,1H3. The predicted octanol–water partition coefficient (Wildman–Crippen LogP) is 1.53. The summed E-state index contributed by atoms with van der Waals surface area (Å²) in [5, 5.41) is 0. The Hall–Kier alpha value is -1.45. The summed E-state index contributed by atoms with van der Waals surface area (Å²) in [5.74, 6) is -0.329. The molecule has 25 heavy (non-hydrogen) atoms.